The summed E-state index contributed by atoms with van der Waals surface area (Å²) in [6.07, 6.45) is 1.17. The summed E-state index contributed by atoms with van der Waals surface area (Å²) in [6, 6.07) is 12.0. The van der Waals surface area contributed by atoms with E-state index in [1.54, 1.807) is 36.4 Å². The van der Waals surface area contributed by atoms with E-state index in [-0.39, 0.29) is 5.75 Å². The Balaban J connectivity index is 2.26. The molecule has 2 aromatic carbocycles. The van der Waals surface area contributed by atoms with Crippen LogP contribution in [0.1, 0.15) is 31.4 Å². The van der Waals surface area contributed by atoms with Crippen molar-refractivity contribution in [3.63, 3.8) is 0 Å². The van der Waals surface area contributed by atoms with Gasteiger partial charge in [0.1, 0.15) is 5.75 Å². The smallest absolute Gasteiger partial charge is 0.412 e. The number of carboxylic acid groups (broad SMARTS) is 1. The van der Waals surface area contributed by atoms with Gasteiger partial charge in [-0.1, -0.05) is 22.0 Å². The zero-order chi connectivity index (χ0) is 22.8. The number of carbonyl (C=O) groups is 2. The summed E-state index contributed by atoms with van der Waals surface area (Å²) in [4.78, 5) is 23.3. The Labute approximate surface area is 202 Å². The Morgan fingerprint density at radius 2 is 1.94 bits per heavy atom. The lowest BCUT2D eigenvalue weighted by Crippen LogP contribution is -2.29. The van der Waals surface area contributed by atoms with Crippen LogP contribution in [0.15, 0.2) is 59.1 Å². The number of allylic oxidation sites excluding steroid dienone is 1. The molecule has 0 aromatic heterocycles. The fraction of sp³-hybridized carbons (Fsp3) is 0.273. The van der Waals surface area contributed by atoms with Crippen molar-refractivity contribution in [2.45, 2.75) is 32.0 Å². The van der Waals surface area contributed by atoms with E-state index < -0.39 is 24.3 Å². The highest BCUT2D eigenvalue weighted by Gasteiger charge is 2.30. The number of aromatic hydroxyl groups is 1. The molecular weight excluding hydrogens is 581 g/mol. The quantitative estimate of drug-likeness (QED) is 0.232. The summed E-state index contributed by atoms with van der Waals surface area (Å²) in [5, 5.41) is 21.9. The van der Waals surface area contributed by atoms with Gasteiger partial charge in [-0.05, 0) is 84.8 Å². The van der Waals surface area contributed by atoms with Crippen molar-refractivity contribution in [3.05, 3.63) is 68.2 Å². The van der Waals surface area contributed by atoms with Crippen LogP contribution in [0.3, 0.4) is 0 Å². The first-order valence-electron chi connectivity index (χ1n) is 9.52. The normalized spacial score (nSPS) is 13.0. The third kappa shape index (κ3) is 8.50. The monoisotopic (exact) mass is 603 g/mol. The number of ether oxygens (including phenoxy) is 2. The number of phenols is 1. The van der Waals surface area contributed by atoms with Gasteiger partial charge in [0.15, 0.2) is 6.10 Å². The van der Waals surface area contributed by atoms with Crippen LogP contribution in [0, 0.1) is 3.57 Å². The number of carbonyl (C=O) groups excluding carboxylic acids is 1. The second-order valence-electron chi connectivity index (χ2n) is 6.47. The molecule has 0 radical (unpaired) electrons. The molecule has 0 aliphatic heterocycles. The SMILES string of the molecule is CCO[C@H](CC/C=C/C(=O)O)[C@H](OC(=O)Nc1ccc(Br)cc1)c1cc(I)ccc1O. The van der Waals surface area contributed by atoms with Gasteiger partial charge < -0.3 is 19.7 Å². The largest absolute Gasteiger partial charge is 0.508 e. The van der Waals surface area contributed by atoms with E-state index in [1.165, 1.54) is 12.1 Å². The molecule has 0 saturated carbocycles. The Bertz CT molecular complexity index is 919. The molecule has 0 spiro atoms. The lowest BCUT2D eigenvalue weighted by Gasteiger charge is -2.28. The zero-order valence-corrected chi connectivity index (χ0v) is 20.5. The van der Waals surface area contributed by atoms with E-state index in [0.29, 0.717) is 30.7 Å². The van der Waals surface area contributed by atoms with Gasteiger partial charge in [-0.3, -0.25) is 5.32 Å². The van der Waals surface area contributed by atoms with Crippen LogP contribution in [0.25, 0.3) is 0 Å². The number of anilines is 1. The number of benzene rings is 2. The number of amides is 1. The first-order valence-corrected chi connectivity index (χ1v) is 11.4. The van der Waals surface area contributed by atoms with Gasteiger partial charge >= 0.3 is 12.1 Å². The molecule has 0 fully saturated rings. The maximum absolute atomic E-state index is 12.6. The Kier molecular flexibility index (Phi) is 10.3. The topological polar surface area (TPSA) is 105 Å². The van der Waals surface area contributed by atoms with Crippen LogP contribution in [0.4, 0.5) is 10.5 Å². The van der Waals surface area contributed by atoms with Crippen LogP contribution < -0.4 is 5.32 Å². The van der Waals surface area contributed by atoms with E-state index >= 15 is 0 Å². The van der Waals surface area contributed by atoms with Gasteiger partial charge in [-0.25, -0.2) is 9.59 Å². The number of hydrogen-bond acceptors (Lipinski definition) is 5. The van der Waals surface area contributed by atoms with Crippen molar-refractivity contribution < 1.29 is 29.3 Å². The molecule has 0 heterocycles. The molecule has 0 bridgehead atoms. The standard InChI is InChI=1S/C22H23BrINO6/c1-2-30-19(5-3-4-6-20(27)28)21(17-13-15(24)9-12-18(17)26)31-22(29)25-16-10-7-14(23)8-11-16/h4,6-13,19,21,26H,2-3,5H2,1H3,(H,25,29)(H,27,28)/b6-4+/t19-,21-/m1/s1. The number of halogens is 2. The summed E-state index contributed by atoms with van der Waals surface area (Å²) >= 11 is 5.45. The minimum absolute atomic E-state index is 0.0207. The van der Waals surface area contributed by atoms with E-state index in [0.717, 1.165) is 14.1 Å². The minimum atomic E-state index is -1.04. The Hall–Kier alpha value is -2.11. The molecule has 166 valence electrons. The van der Waals surface area contributed by atoms with Gasteiger partial charge in [0.05, 0.1) is 6.10 Å². The molecule has 1 amide bonds. The number of phenolic OH excluding ortho intramolecular Hbond substituents is 1. The fourth-order valence-corrected chi connectivity index (χ4v) is 3.65. The summed E-state index contributed by atoms with van der Waals surface area (Å²) < 4.78 is 13.3. The van der Waals surface area contributed by atoms with Crippen LogP contribution in [0.5, 0.6) is 5.75 Å². The van der Waals surface area contributed by atoms with Gasteiger partial charge in [-0.15, -0.1) is 0 Å². The molecule has 7 nitrogen and oxygen atoms in total. The van der Waals surface area contributed by atoms with Gasteiger partial charge in [0, 0.05) is 32.0 Å². The summed E-state index contributed by atoms with van der Waals surface area (Å²) in [7, 11) is 0. The summed E-state index contributed by atoms with van der Waals surface area (Å²) in [5.41, 5.74) is 0.967. The van der Waals surface area contributed by atoms with Gasteiger partial charge in [0.2, 0.25) is 0 Å². The van der Waals surface area contributed by atoms with Gasteiger partial charge in [0.25, 0.3) is 0 Å². The predicted octanol–water partition coefficient (Wildman–Crippen LogP) is 5.88. The zero-order valence-electron chi connectivity index (χ0n) is 16.8. The lowest BCUT2D eigenvalue weighted by atomic mass is 9.99. The third-order valence-corrected chi connectivity index (χ3v) is 5.42. The average molecular weight is 604 g/mol. The highest BCUT2D eigenvalue weighted by molar-refractivity contribution is 14.1. The first kappa shape index (κ1) is 25.2. The van der Waals surface area contributed by atoms with E-state index in [2.05, 4.69) is 43.8 Å². The van der Waals surface area contributed by atoms with Gasteiger partial charge in [-0.2, -0.15) is 0 Å². The molecule has 2 atom stereocenters. The first-order chi connectivity index (χ1) is 14.8. The molecule has 31 heavy (non-hydrogen) atoms. The van der Waals surface area contributed by atoms with Crippen LogP contribution in [-0.4, -0.2) is 35.0 Å². The fourth-order valence-electron chi connectivity index (χ4n) is 2.87. The number of aliphatic carboxylic acids is 1. The molecule has 0 unspecified atom stereocenters. The van der Waals surface area contributed by atoms with E-state index in [4.69, 9.17) is 14.6 Å². The summed E-state index contributed by atoms with van der Waals surface area (Å²) in [6.45, 7) is 2.17. The maximum atomic E-state index is 12.6. The van der Waals surface area contributed by atoms with Crippen molar-refractivity contribution in [2.24, 2.45) is 0 Å². The second-order valence-corrected chi connectivity index (χ2v) is 8.63. The van der Waals surface area contributed by atoms with E-state index in [1.807, 2.05) is 6.92 Å². The number of nitrogens with one attached hydrogen (secondary N) is 1. The molecule has 3 N–H and O–H groups in total. The number of hydrogen-bond donors (Lipinski definition) is 3. The highest BCUT2D eigenvalue weighted by Crippen LogP contribution is 2.34. The van der Waals surface area contributed by atoms with Crippen LogP contribution >= 0.6 is 38.5 Å². The van der Waals surface area contributed by atoms with Crippen molar-refractivity contribution >= 4 is 56.3 Å². The third-order valence-electron chi connectivity index (χ3n) is 4.22. The molecular formula is C22H23BrINO6. The van der Waals surface area contributed by atoms with Crippen molar-refractivity contribution in [1.29, 1.82) is 0 Å². The summed E-state index contributed by atoms with van der Waals surface area (Å²) in [5.74, 6) is -1.06. The van der Waals surface area contributed by atoms with Crippen molar-refractivity contribution in [3.8, 4) is 5.75 Å². The molecule has 2 rings (SSSR count). The van der Waals surface area contributed by atoms with Crippen LogP contribution in [-0.2, 0) is 14.3 Å². The molecule has 0 aliphatic rings. The average Bonchev–Trinajstić information content (AvgIpc) is 2.72. The number of rotatable bonds is 10. The van der Waals surface area contributed by atoms with E-state index in [9.17, 15) is 14.7 Å². The lowest BCUT2D eigenvalue weighted by molar-refractivity contribution is -0.131. The molecule has 2 aromatic rings. The Morgan fingerprint density at radius 1 is 1.23 bits per heavy atom. The maximum Gasteiger partial charge on any atom is 0.412 e. The molecule has 9 heteroatoms. The van der Waals surface area contributed by atoms with Crippen LogP contribution in [0.2, 0.25) is 0 Å². The Morgan fingerprint density at radius 3 is 2.58 bits per heavy atom. The number of carboxylic acids is 1. The highest BCUT2D eigenvalue weighted by atomic mass is 127. The minimum Gasteiger partial charge on any atom is -0.508 e. The van der Waals surface area contributed by atoms with Crippen molar-refractivity contribution in [2.75, 3.05) is 11.9 Å². The second kappa shape index (κ2) is 12.7. The molecule has 0 saturated heterocycles. The molecule has 0 aliphatic carbocycles. The van der Waals surface area contributed by atoms with Crippen molar-refractivity contribution in [1.82, 2.24) is 0 Å². The predicted molar refractivity (Wildman–Crippen MR) is 129 cm³/mol.